The zero-order chi connectivity index (χ0) is 15.2. The molecule has 3 nitrogen and oxygen atoms in total. The molecule has 1 aliphatic carbocycles. The Hall–Kier alpha value is -1.16. The number of hydrogen-bond donors (Lipinski definition) is 1. The molecule has 0 spiro atoms. The van der Waals surface area contributed by atoms with E-state index < -0.39 is 0 Å². The van der Waals surface area contributed by atoms with E-state index in [1.54, 1.807) is 7.11 Å². The van der Waals surface area contributed by atoms with Gasteiger partial charge in [0.05, 0.1) is 13.2 Å². The van der Waals surface area contributed by atoms with Gasteiger partial charge in [-0.05, 0) is 36.6 Å². The molecule has 0 heterocycles. The summed E-state index contributed by atoms with van der Waals surface area (Å²) in [5.41, 5.74) is 5.85. The van der Waals surface area contributed by atoms with Crippen LogP contribution in [-0.4, -0.2) is 50.5 Å². The van der Waals surface area contributed by atoms with Gasteiger partial charge in [-0.15, -0.1) is 0 Å². The van der Waals surface area contributed by atoms with Gasteiger partial charge >= 0.3 is 0 Å². The molecule has 21 heavy (non-hydrogen) atoms. The van der Waals surface area contributed by atoms with Gasteiger partial charge in [-0.25, -0.2) is 0 Å². The van der Waals surface area contributed by atoms with E-state index >= 15 is 0 Å². The standard InChI is InChI=1S/C18H27NO2/c1-14(13-21-3)18-16(8-9-19(2)10-11-20)12-15-6-4-5-7-17(15)18/h4-7,14,20H,8-13H2,1-3H3. The maximum atomic E-state index is 9.01. The monoisotopic (exact) mass is 289 g/mol. The van der Waals surface area contributed by atoms with Crippen molar-refractivity contribution in [1.82, 2.24) is 4.90 Å². The summed E-state index contributed by atoms with van der Waals surface area (Å²) in [7, 11) is 3.84. The molecular weight excluding hydrogens is 262 g/mol. The van der Waals surface area contributed by atoms with Crippen LogP contribution in [0, 0.1) is 5.92 Å². The van der Waals surface area contributed by atoms with Crippen molar-refractivity contribution in [2.45, 2.75) is 19.8 Å². The normalized spacial score (nSPS) is 15.7. The van der Waals surface area contributed by atoms with Crippen molar-refractivity contribution in [2.75, 3.05) is 40.5 Å². The Morgan fingerprint density at radius 3 is 2.76 bits per heavy atom. The molecule has 1 aromatic carbocycles. The highest BCUT2D eigenvalue weighted by Gasteiger charge is 2.24. The lowest BCUT2D eigenvalue weighted by Gasteiger charge is -2.19. The molecule has 0 aromatic heterocycles. The predicted octanol–water partition coefficient (Wildman–Crippen LogP) is 2.59. The zero-order valence-corrected chi connectivity index (χ0v) is 13.4. The third kappa shape index (κ3) is 3.94. The quantitative estimate of drug-likeness (QED) is 0.798. The lowest BCUT2D eigenvalue weighted by molar-refractivity contribution is 0.178. The molecule has 0 aliphatic heterocycles. The van der Waals surface area contributed by atoms with Gasteiger partial charge in [0, 0.05) is 26.1 Å². The summed E-state index contributed by atoms with van der Waals surface area (Å²) in [6.07, 6.45) is 2.13. The number of fused-ring (bicyclic) bond motifs is 1. The molecule has 0 amide bonds. The summed E-state index contributed by atoms with van der Waals surface area (Å²) in [6.45, 7) is 4.97. The second kappa shape index (κ2) is 7.74. The van der Waals surface area contributed by atoms with Crippen LogP contribution >= 0.6 is 0 Å². The van der Waals surface area contributed by atoms with Crippen LogP contribution in [0.5, 0.6) is 0 Å². The number of nitrogens with zero attached hydrogens (tertiary/aromatic N) is 1. The SMILES string of the molecule is COCC(C)C1=C(CCN(C)CCO)Cc2ccccc21. The summed E-state index contributed by atoms with van der Waals surface area (Å²) in [4.78, 5) is 2.19. The maximum absolute atomic E-state index is 9.01. The molecule has 2 rings (SSSR count). The van der Waals surface area contributed by atoms with Crippen LogP contribution < -0.4 is 0 Å². The highest BCUT2D eigenvalue weighted by molar-refractivity contribution is 5.77. The van der Waals surface area contributed by atoms with Crippen LogP contribution in [0.2, 0.25) is 0 Å². The van der Waals surface area contributed by atoms with Crippen LogP contribution in [0.3, 0.4) is 0 Å². The van der Waals surface area contributed by atoms with Crippen molar-refractivity contribution < 1.29 is 9.84 Å². The van der Waals surface area contributed by atoms with Crippen molar-refractivity contribution >= 4 is 5.57 Å². The van der Waals surface area contributed by atoms with Crippen LogP contribution in [0.15, 0.2) is 29.8 Å². The summed E-state index contributed by atoms with van der Waals surface area (Å²) in [5.74, 6) is 0.428. The third-order valence-electron chi connectivity index (χ3n) is 4.28. The second-order valence-electron chi connectivity index (χ2n) is 5.98. The van der Waals surface area contributed by atoms with E-state index in [9.17, 15) is 0 Å². The number of hydrogen-bond acceptors (Lipinski definition) is 3. The molecule has 3 heteroatoms. The van der Waals surface area contributed by atoms with Crippen LogP contribution in [0.25, 0.3) is 5.57 Å². The van der Waals surface area contributed by atoms with Crippen LogP contribution in [0.4, 0.5) is 0 Å². The second-order valence-corrected chi connectivity index (χ2v) is 5.98. The average Bonchev–Trinajstić information content (AvgIpc) is 2.84. The highest BCUT2D eigenvalue weighted by atomic mass is 16.5. The number of rotatable bonds is 8. The molecule has 1 N–H and O–H groups in total. The van der Waals surface area contributed by atoms with Crippen molar-refractivity contribution in [2.24, 2.45) is 5.92 Å². The number of aliphatic hydroxyl groups excluding tert-OH is 1. The molecule has 0 saturated carbocycles. The molecule has 1 aromatic rings. The molecule has 116 valence electrons. The minimum Gasteiger partial charge on any atom is -0.395 e. The lowest BCUT2D eigenvalue weighted by Crippen LogP contribution is -2.23. The fraction of sp³-hybridized carbons (Fsp3) is 0.556. The predicted molar refractivity (Wildman–Crippen MR) is 87.3 cm³/mol. The Bertz CT molecular complexity index is 496. The summed E-state index contributed by atoms with van der Waals surface area (Å²) in [5, 5.41) is 9.01. The summed E-state index contributed by atoms with van der Waals surface area (Å²) in [6, 6.07) is 8.72. The zero-order valence-electron chi connectivity index (χ0n) is 13.4. The third-order valence-corrected chi connectivity index (χ3v) is 4.28. The van der Waals surface area contributed by atoms with E-state index in [1.807, 2.05) is 0 Å². The first-order valence-corrected chi connectivity index (χ1v) is 7.76. The van der Waals surface area contributed by atoms with Gasteiger partial charge < -0.3 is 14.7 Å². The highest BCUT2D eigenvalue weighted by Crippen LogP contribution is 2.39. The Balaban J connectivity index is 2.17. The van der Waals surface area contributed by atoms with Gasteiger partial charge in [0.1, 0.15) is 0 Å². The van der Waals surface area contributed by atoms with Crippen molar-refractivity contribution in [3.8, 4) is 0 Å². The van der Waals surface area contributed by atoms with Gasteiger partial charge in [-0.1, -0.05) is 36.8 Å². The Morgan fingerprint density at radius 2 is 2.05 bits per heavy atom. The van der Waals surface area contributed by atoms with Gasteiger partial charge in [0.25, 0.3) is 0 Å². The van der Waals surface area contributed by atoms with E-state index in [0.717, 1.165) is 32.5 Å². The molecule has 0 bridgehead atoms. The molecule has 0 saturated heterocycles. The van der Waals surface area contributed by atoms with Gasteiger partial charge in [0.15, 0.2) is 0 Å². The smallest absolute Gasteiger partial charge is 0.0558 e. The lowest BCUT2D eigenvalue weighted by atomic mass is 9.93. The van der Waals surface area contributed by atoms with E-state index in [4.69, 9.17) is 9.84 Å². The number of benzene rings is 1. The first kappa shape index (κ1) is 16.2. The largest absolute Gasteiger partial charge is 0.395 e. The van der Waals surface area contributed by atoms with Crippen molar-refractivity contribution in [3.05, 3.63) is 41.0 Å². The maximum Gasteiger partial charge on any atom is 0.0558 e. The fourth-order valence-corrected chi connectivity index (χ4v) is 3.23. The van der Waals surface area contributed by atoms with E-state index in [-0.39, 0.29) is 6.61 Å². The van der Waals surface area contributed by atoms with Crippen molar-refractivity contribution in [3.63, 3.8) is 0 Å². The Morgan fingerprint density at radius 1 is 1.29 bits per heavy atom. The van der Waals surface area contributed by atoms with E-state index in [1.165, 1.54) is 22.3 Å². The minimum atomic E-state index is 0.225. The average molecular weight is 289 g/mol. The van der Waals surface area contributed by atoms with Crippen LogP contribution in [0.1, 0.15) is 24.5 Å². The van der Waals surface area contributed by atoms with Gasteiger partial charge in [-0.3, -0.25) is 0 Å². The molecule has 0 fully saturated rings. The summed E-state index contributed by atoms with van der Waals surface area (Å²) >= 11 is 0. The fourth-order valence-electron chi connectivity index (χ4n) is 3.23. The van der Waals surface area contributed by atoms with Gasteiger partial charge in [-0.2, -0.15) is 0 Å². The van der Waals surface area contributed by atoms with Gasteiger partial charge in [0.2, 0.25) is 0 Å². The minimum absolute atomic E-state index is 0.225. The topological polar surface area (TPSA) is 32.7 Å². The number of methoxy groups -OCH3 is 1. The first-order chi connectivity index (χ1) is 10.2. The molecule has 1 aliphatic rings. The summed E-state index contributed by atoms with van der Waals surface area (Å²) < 4.78 is 5.37. The number of ether oxygens (including phenoxy) is 1. The van der Waals surface area contributed by atoms with E-state index in [0.29, 0.717) is 5.92 Å². The molecule has 1 unspecified atom stereocenters. The molecule has 1 atom stereocenters. The Kier molecular flexibility index (Phi) is 5.97. The van der Waals surface area contributed by atoms with Crippen molar-refractivity contribution in [1.29, 1.82) is 0 Å². The Labute approximate surface area is 128 Å². The van der Waals surface area contributed by atoms with E-state index in [2.05, 4.69) is 43.1 Å². The first-order valence-electron chi connectivity index (χ1n) is 7.76. The number of likely N-dealkylation sites (N-methyl/N-ethyl adjacent to an activating group) is 1. The van der Waals surface area contributed by atoms with Crippen LogP contribution in [-0.2, 0) is 11.2 Å². The number of aliphatic hydroxyl groups is 1. The molecule has 0 radical (unpaired) electrons. The molecular formula is C18H27NO2.